The molecule has 4 rings (SSSR count). The first kappa shape index (κ1) is 18.9. The number of hydrogen-bond donors (Lipinski definition) is 1. The van der Waals surface area contributed by atoms with Crippen LogP contribution >= 0.6 is 0 Å². The van der Waals surface area contributed by atoms with E-state index >= 15 is 0 Å². The Hall–Kier alpha value is -3.42. The van der Waals surface area contributed by atoms with Gasteiger partial charge in [0.2, 0.25) is 5.91 Å². The highest BCUT2D eigenvalue weighted by atomic mass is 16.2. The van der Waals surface area contributed by atoms with Crippen molar-refractivity contribution in [3.63, 3.8) is 0 Å². The van der Waals surface area contributed by atoms with E-state index in [-0.39, 0.29) is 5.91 Å². The molecule has 29 heavy (non-hydrogen) atoms. The third kappa shape index (κ3) is 3.20. The van der Waals surface area contributed by atoms with Gasteiger partial charge in [-0.15, -0.1) is 0 Å². The lowest BCUT2D eigenvalue weighted by Crippen LogP contribution is -2.46. The summed E-state index contributed by atoms with van der Waals surface area (Å²) in [6.45, 7) is 4.98. The minimum atomic E-state index is -0.803. The van der Waals surface area contributed by atoms with Crippen molar-refractivity contribution in [1.82, 2.24) is 24.2 Å². The van der Waals surface area contributed by atoms with Crippen LogP contribution in [-0.2, 0) is 24.8 Å². The van der Waals surface area contributed by atoms with Crippen molar-refractivity contribution in [2.24, 2.45) is 12.8 Å². The summed E-state index contributed by atoms with van der Waals surface area (Å²) in [5, 5.41) is 4.24. The molecule has 0 spiro atoms. The second kappa shape index (κ2) is 7.20. The van der Waals surface area contributed by atoms with Crippen molar-refractivity contribution in [1.29, 1.82) is 0 Å². The Bertz CT molecular complexity index is 1080. The quantitative estimate of drug-likeness (QED) is 0.727. The molecule has 1 unspecified atom stereocenters. The topological polar surface area (TPSA) is 99.0 Å². The maximum absolute atomic E-state index is 13.4. The zero-order chi connectivity index (χ0) is 20.7. The molecule has 1 aliphatic heterocycles. The molecular formula is C21H24N6O2. The number of fused-ring (bicyclic) bond motifs is 1. The maximum atomic E-state index is 13.4. The lowest BCUT2D eigenvalue weighted by Gasteiger charge is -2.33. The average molecular weight is 392 g/mol. The Morgan fingerprint density at radius 1 is 1.24 bits per heavy atom. The van der Waals surface area contributed by atoms with Gasteiger partial charge in [-0.25, -0.2) is 0 Å². The van der Waals surface area contributed by atoms with E-state index in [2.05, 4.69) is 14.6 Å². The van der Waals surface area contributed by atoms with Gasteiger partial charge >= 0.3 is 0 Å². The number of amides is 2. The highest BCUT2D eigenvalue weighted by Gasteiger charge is 2.37. The van der Waals surface area contributed by atoms with Crippen molar-refractivity contribution in [3.8, 4) is 0 Å². The van der Waals surface area contributed by atoms with Gasteiger partial charge < -0.3 is 15.2 Å². The first-order valence-corrected chi connectivity index (χ1v) is 9.55. The Morgan fingerprint density at radius 3 is 2.66 bits per heavy atom. The summed E-state index contributed by atoms with van der Waals surface area (Å²) >= 11 is 0. The molecular weight excluding hydrogens is 368 g/mol. The van der Waals surface area contributed by atoms with E-state index in [1.165, 1.54) is 0 Å². The van der Waals surface area contributed by atoms with Crippen LogP contribution in [0.3, 0.4) is 0 Å². The van der Waals surface area contributed by atoms with Crippen LogP contribution in [-0.4, -0.2) is 42.6 Å². The largest absolute Gasteiger partial charge is 0.368 e. The Morgan fingerprint density at radius 2 is 1.97 bits per heavy atom. The normalized spacial score (nSPS) is 16.0. The lowest BCUT2D eigenvalue weighted by atomic mass is 9.97. The minimum Gasteiger partial charge on any atom is -0.368 e. The maximum Gasteiger partial charge on any atom is 0.256 e. The molecule has 0 bridgehead atoms. The third-order valence-corrected chi connectivity index (χ3v) is 5.71. The molecule has 0 saturated carbocycles. The van der Waals surface area contributed by atoms with Gasteiger partial charge in [0.05, 0.1) is 11.8 Å². The molecule has 0 aliphatic carbocycles. The molecule has 0 saturated heterocycles. The molecule has 2 amide bonds. The van der Waals surface area contributed by atoms with Crippen molar-refractivity contribution >= 4 is 11.8 Å². The number of rotatable bonds is 4. The van der Waals surface area contributed by atoms with Crippen LogP contribution in [0.4, 0.5) is 0 Å². The summed E-state index contributed by atoms with van der Waals surface area (Å²) in [5.74, 6) is -0.727. The highest BCUT2D eigenvalue weighted by molar-refractivity contribution is 5.99. The predicted molar refractivity (Wildman–Crippen MR) is 107 cm³/mol. The van der Waals surface area contributed by atoms with Crippen LogP contribution < -0.4 is 5.73 Å². The van der Waals surface area contributed by atoms with Crippen LogP contribution in [0.1, 0.15) is 44.6 Å². The van der Waals surface area contributed by atoms with E-state index < -0.39 is 11.9 Å². The van der Waals surface area contributed by atoms with E-state index in [4.69, 9.17) is 5.73 Å². The average Bonchev–Trinajstić information content (AvgIpc) is 3.22. The first-order valence-electron chi connectivity index (χ1n) is 9.55. The molecule has 150 valence electrons. The van der Waals surface area contributed by atoms with Crippen molar-refractivity contribution in [2.45, 2.75) is 32.9 Å². The molecule has 8 nitrogen and oxygen atoms in total. The van der Waals surface area contributed by atoms with Crippen molar-refractivity contribution in [3.05, 3.63) is 70.6 Å². The molecule has 0 fully saturated rings. The van der Waals surface area contributed by atoms with Gasteiger partial charge in [-0.05, 0) is 37.6 Å². The van der Waals surface area contributed by atoms with Crippen LogP contribution in [0.2, 0.25) is 0 Å². The first-order chi connectivity index (χ1) is 13.9. The summed E-state index contributed by atoms with van der Waals surface area (Å²) in [4.78, 5) is 31.3. The molecule has 1 atom stereocenters. The Labute approximate surface area is 168 Å². The molecule has 8 heteroatoms. The number of aromatic nitrogens is 4. The Kier molecular flexibility index (Phi) is 4.70. The van der Waals surface area contributed by atoms with E-state index in [1.54, 1.807) is 28.2 Å². The number of carbonyl (C=O) groups excluding carboxylic acids is 2. The fourth-order valence-electron chi connectivity index (χ4n) is 4.15. The summed E-state index contributed by atoms with van der Waals surface area (Å²) in [6, 6.07) is 4.99. The van der Waals surface area contributed by atoms with E-state index in [0.29, 0.717) is 30.6 Å². The van der Waals surface area contributed by atoms with Crippen LogP contribution in [0, 0.1) is 13.8 Å². The Balaban J connectivity index is 1.68. The summed E-state index contributed by atoms with van der Waals surface area (Å²) in [5.41, 5.74) is 10.9. The number of pyridine rings is 1. The minimum absolute atomic E-state index is 0.183. The molecule has 0 radical (unpaired) electrons. The predicted octanol–water partition coefficient (Wildman–Crippen LogP) is 1.51. The fraction of sp³-hybridized carbons (Fsp3) is 0.333. The van der Waals surface area contributed by atoms with Crippen LogP contribution in [0.25, 0.3) is 0 Å². The second-order valence-corrected chi connectivity index (χ2v) is 7.45. The van der Waals surface area contributed by atoms with Crippen LogP contribution in [0.15, 0.2) is 36.8 Å². The standard InChI is InChI=1S/C21H24N6O2/c1-13-10-16(14(2)27(13)12-15-4-7-23-8-5-15)21(29)26-9-6-18-17(11-24-25(18)3)19(26)20(22)28/h4-5,7-8,10-11,19H,6,9,12H2,1-3H3,(H2,22,28). The van der Waals surface area contributed by atoms with Gasteiger partial charge in [0.1, 0.15) is 6.04 Å². The highest BCUT2D eigenvalue weighted by Crippen LogP contribution is 2.31. The van der Waals surface area contributed by atoms with Crippen molar-refractivity contribution in [2.75, 3.05) is 6.54 Å². The monoisotopic (exact) mass is 392 g/mol. The zero-order valence-electron chi connectivity index (χ0n) is 16.8. The number of nitrogens with zero attached hydrogens (tertiary/aromatic N) is 5. The van der Waals surface area contributed by atoms with E-state index in [0.717, 1.165) is 22.6 Å². The van der Waals surface area contributed by atoms with Crippen LogP contribution in [0.5, 0.6) is 0 Å². The SMILES string of the molecule is Cc1cc(C(=O)N2CCc3c(cnn3C)C2C(N)=O)c(C)n1Cc1ccncc1. The van der Waals surface area contributed by atoms with Gasteiger partial charge in [-0.1, -0.05) is 0 Å². The van der Waals surface area contributed by atoms with E-state index in [1.807, 2.05) is 39.1 Å². The molecule has 0 aromatic carbocycles. The molecule has 3 aromatic rings. The number of hydrogen-bond acceptors (Lipinski definition) is 4. The summed E-state index contributed by atoms with van der Waals surface area (Å²) in [7, 11) is 1.83. The fourth-order valence-corrected chi connectivity index (χ4v) is 4.15. The van der Waals surface area contributed by atoms with E-state index in [9.17, 15) is 9.59 Å². The molecule has 3 aromatic heterocycles. The summed E-state index contributed by atoms with van der Waals surface area (Å²) < 4.78 is 3.84. The lowest BCUT2D eigenvalue weighted by molar-refractivity contribution is -0.123. The summed E-state index contributed by atoms with van der Waals surface area (Å²) in [6.07, 6.45) is 5.78. The number of aryl methyl sites for hydroxylation is 2. The van der Waals surface area contributed by atoms with Crippen molar-refractivity contribution < 1.29 is 9.59 Å². The number of carbonyl (C=O) groups is 2. The van der Waals surface area contributed by atoms with Gasteiger partial charge in [0, 0.05) is 61.6 Å². The third-order valence-electron chi connectivity index (χ3n) is 5.71. The number of primary amides is 1. The zero-order valence-corrected chi connectivity index (χ0v) is 16.8. The molecule has 4 heterocycles. The smallest absolute Gasteiger partial charge is 0.256 e. The second-order valence-electron chi connectivity index (χ2n) is 7.45. The number of nitrogens with two attached hydrogens (primary N) is 1. The van der Waals surface area contributed by atoms with Gasteiger partial charge in [-0.2, -0.15) is 5.10 Å². The molecule has 2 N–H and O–H groups in total. The molecule has 1 aliphatic rings. The van der Waals surface area contributed by atoms with Gasteiger partial charge in [0.25, 0.3) is 5.91 Å². The van der Waals surface area contributed by atoms with Gasteiger partial charge in [0.15, 0.2) is 0 Å². The van der Waals surface area contributed by atoms with Gasteiger partial charge in [-0.3, -0.25) is 19.3 Å².